The molecule has 0 spiro atoms. The topological polar surface area (TPSA) is 81.9 Å². The number of hydrogen-bond donors (Lipinski definition) is 1. The molecule has 3 aromatic rings. The second kappa shape index (κ2) is 9.58. The number of anilines is 1. The lowest BCUT2D eigenvalue weighted by atomic mass is 10.1. The van der Waals surface area contributed by atoms with Crippen LogP contribution in [0, 0.1) is 11.3 Å². The Morgan fingerprint density at radius 2 is 2.03 bits per heavy atom. The summed E-state index contributed by atoms with van der Waals surface area (Å²) in [6.45, 7) is 0.818. The normalized spacial score (nSPS) is 15.9. The van der Waals surface area contributed by atoms with Crippen molar-refractivity contribution in [3.63, 3.8) is 0 Å². The zero-order valence-corrected chi connectivity index (χ0v) is 18.3. The molecule has 3 heterocycles. The molecule has 1 N–H and O–H groups in total. The van der Waals surface area contributed by atoms with Gasteiger partial charge in [-0.3, -0.25) is 4.79 Å². The highest BCUT2D eigenvalue weighted by molar-refractivity contribution is 7.13. The number of thiophene rings is 1. The van der Waals surface area contributed by atoms with Gasteiger partial charge < -0.3 is 10.2 Å². The summed E-state index contributed by atoms with van der Waals surface area (Å²) in [5.74, 6) is -1.35. The van der Waals surface area contributed by atoms with E-state index in [9.17, 15) is 18.0 Å². The first kappa shape index (κ1) is 22.7. The largest absolute Gasteiger partial charge is 0.451 e. The van der Waals surface area contributed by atoms with Crippen molar-refractivity contribution in [2.24, 2.45) is 0 Å². The number of amides is 1. The molecule has 0 radical (unpaired) electrons. The van der Waals surface area contributed by atoms with Gasteiger partial charge in [-0.15, -0.1) is 11.3 Å². The van der Waals surface area contributed by atoms with Crippen molar-refractivity contribution < 1.29 is 18.0 Å². The third kappa shape index (κ3) is 5.31. The van der Waals surface area contributed by atoms with Gasteiger partial charge in [0.25, 0.3) is 0 Å². The van der Waals surface area contributed by atoms with Crippen molar-refractivity contribution in [3.05, 3.63) is 64.8 Å². The van der Waals surface area contributed by atoms with Crippen LogP contribution in [0.3, 0.4) is 0 Å². The van der Waals surface area contributed by atoms with Crippen LogP contribution in [0.5, 0.6) is 0 Å². The van der Waals surface area contributed by atoms with Gasteiger partial charge >= 0.3 is 6.18 Å². The van der Waals surface area contributed by atoms with Crippen LogP contribution in [-0.2, 0) is 17.4 Å². The molecule has 170 valence electrons. The molecule has 0 bridgehead atoms. The van der Waals surface area contributed by atoms with Gasteiger partial charge in [0.1, 0.15) is 11.9 Å². The predicted molar refractivity (Wildman–Crippen MR) is 119 cm³/mol. The molecule has 2 aromatic heterocycles. The van der Waals surface area contributed by atoms with Crippen LogP contribution in [0.2, 0.25) is 0 Å². The summed E-state index contributed by atoms with van der Waals surface area (Å²) in [5, 5.41) is 13.5. The Hall–Kier alpha value is -3.45. The predicted octanol–water partition coefficient (Wildman–Crippen LogP) is 4.42. The Morgan fingerprint density at radius 1 is 1.24 bits per heavy atom. The molecule has 6 nitrogen and oxygen atoms in total. The van der Waals surface area contributed by atoms with Gasteiger partial charge in [0.2, 0.25) is 11.7 Å². The van der Waals surface area contributed by atoms with Crippen molar-refractivity contribution in [2.45, 2.75) is 31.5 Å². The molecule has 1 amide bonds. The Balaban J connectivity index is 1.49. The van der Waals surface area contributed by atoms with Crippen molar-refractivity contribution in [3.8, 4) is 16.6 Å². The first-order valence-corrected chi connectivity index (χ1v) is 11.3. The maximum atomic E-state index is 13.5. The SMILES string of the molecule is N#Cc1ccc(CCNC(=O)[C@@H]2CCCN2c2cc(-c3cccs3)nc(C(F)(F)F)n2)cc1. The Kier molecular flexibility index (Phi) is 6.60. The maximum Gasteiger partial charge on any atom is 0.451 e. The van der Waals surface area contributed by atoms with Crippen molar-refractivity contribution in [1.82, 2.24) is 15.3 Å². The van der Waals surface area contributed by atoms with E-state index in [4.69, 9.17) is 5.26 Å². The van der Waals surface area contributed by atoms with Crippen LogP contribution in [0.4, 0.5) is 19.0 Å². The van der Waals surface area contributed by atoms with E-state index in [-0.39, 0.29) is 17.4 Å². The smallest absolute Gasteiger partial charge is 0.354 e. The second-order valence-electron chi connectivity index (χ2n) is 7.61. The lowest BCUT2D eigenvalue weighted by Crippen LogP contribution is -2.44. The fraction of sp³-hybridized carbons (Fsp3) is 0.304. The van der Waals surface area contributed by atoms with E-state index in [0.717, 1.165) is 5.56 Å². The fourth-order valence-corrected chi connectivity index (χ4v) is 4.45. The first-order valence-electron chi connectivity index (χ1n) is 10.4. The van der Waals surface area contributed by atoms with Gasteiger partial charge in [-0.05, 0) is 48.4 Å². The zero-order valence-electron chi connectivity index (χ0n) is 17.5. The van der Waals surface area contributed by atoms with E-state index in [0.29, 0.717) is 42.8 Å². The average molecular weight is 472 g/mol. The van der Waals surface area contributed by atoms with Crippen molar-refractivity contribution >= 4 is 23.1 Å². The number of hydrogen-bond acceptors (Lipinski definition) is 6. The van der Waals surface area contributed by atoms with Gasteiger partial charge in [-0.1, -0.05) is 18.2 Å². The number of carbonyl (C=O) groups excluding carboxylic acids is 1. The summed E-state index contributed by atoms with van der Waals surface area (Å²) in [6.07, 6.45) is -2.91. The quantitative estimate of drug-likeness (QED) is 0.576. The monoisotopic (exact) mass is 471 g/mol. The number of benzene rings is 1. The Labute approximate surface area is 192 Å². The number of nitrogens with zero attached hydrogens (tertiary/aromatic N) is 4. The number of nitrogens with one attached hydrogen (secondary N) is 1. The number of carbonyl (C=O) groups is 1. The van der Waals surface area contributed by atoms with E-state index in [1.165, 1.54) is 17.4 Å². The van der Waals surface area contributed by atoms with E-state index in [2.05, 4.69) is 21.4 Å². The van der Waals surface area contributed by atoms with Gasteiger partial charge in [0.05, 0.1) is 22.2 Å². The number of nitriles is 1. The van der Waals surface area contributed by atoms with Crippen molar-refractivity contribution in [1.29, 1.82) is 5.26 Å². The summed E-state index contributed by atoms with van der Waals surface area (Å²) in [6, 6.07) is 13.5. The summed E-state index contributed by atoms with van der Waals surface area (Å²) < 4.78 is 40.4. The molecule has 33 heavy (non-hydrogen) atoms. The molecule has 0 aliphatic carbocycles. The molecule has 10 heteroatoms. The summed E-state index contributed by atoms with van der Waals surface area (Å²) in [4.78, 5) is 22.6. The number of aromatic nitrogens is 2. The number of alkyl halides is 3. The van der Waals surface area contributed by atoms with Crippen LogP contribution < -0.4 is 10.2 Å². The van der Waals surface area contributed by atoms with Crippen LogP contribution in [0.25, 0.3) is 10.6 Å². The highest BCUT2D eigenvalue weighted by atomic mass is 32.1. The number of halogens is 3. The maximum absolute atomic E-state index is 13.5. The second-order valence-corrected chi connectivity index (χ2v) is 8.56. The minimum absolute atomic E-state index is 0.102. The average Bonchev–Trinajstić information content (AvgIpc) is 3.51. The van der Waals surface area contributed by atoms with Gasteiger partial charge in [-0.25, -0.2) is 9.97 Å². The fourth-order valence-electron chi connectivity index (χ4n) is 3.77. The molecule has 1 aliphatic rings. The zero-order chi connectivity index (χ0) is 23.4. The lowest BCUT2D eigenvalue weighted by molar-refractivity contribution is -0.144. The molecular formula is C23H20F3N5OS. The Bertz CT molecular complexity index is 1160. The summed E-state index contributed by atoms with van der Waals surface area (Å²) in [5.41, 5.74) is 1.73. The van der Waals surface area contributed by atoms with Crippen molar-refractivity contribution in [2.75, 3.05) is 18.0 Å². The molecule has 1 saturated heterocycles. The Morgan fingerprint density at radius 3 is 2.70 bits per heavy atom. The van der Waals surface area contributed by atoms with E-state index < -0.39 is 18.0 Å². The van der Waals surface area contributed by atoms with Gasteiger partial charge in [0, 0.05) is 19.2 Å². The summed E-state index contributed by atoms with van der Waals surface area (Å²) in [7, 11) is 0. The van der Waals surface area contributed by atoms with E-state index in [1.54, 1.807) is 34.5 Å². The minimum atomic E-state index is -4.69. The molecule has 1 fully saturated rings. The first-order chi connectivity index (χ1) is 15.8. The number of rotatable bonds is 6. The van der Waals surface area contributed by atoms with E-state index in [1.807, 2.05) is 12.1 Å². The standard InChI is InChI=1S/C23H20F3N5OS/c24-23(25,26)22-29-17(19-4-2-12-33-19)13-20(30-22)31-11-1-3-18(31)21(32)28-10-9-15-5-7-16(14-27)8-6-15/h2,4-8,12-13,18H,1,3,9-11H2,(H,28,32)/t18-/m0/s1. The summed E-state index contributed by atoms with van der Waals surface area (Å²) >= 11 is 1.29. The minimum Gasteiger partial charge on any atom is -0.354 e. The van der Waals surface area contributed by atoms with Gasteiger partial charge in [-0.2, -0.15) is 18.4 Å². The lowest BCUT2D eigenvalue weighted by Gasteiger charge is -2.26. The van der Waals surface area contributed by atoms with Crippen LogP contribution >= 0.6 is 11.3 Å². The van der Waals surface area contributed by atoms with E-state index >= 15 is 0 Å². The van der Waals surface area contributed by atoms with Crippen LogP contribution in [-0.4, -0.2) is 35.0 Å². The van der Waals surface area contributed by atoms with Gasteiger partial charge in [0.15, 0.2) is 0 Å². The highest BCUT2D eigenvalue weighted by Gasteiger charge is 2.38. The highest BCUT2D eigenvalue weighted by Crippen LogP contribution is 2.34. The third-order valence-corrected chi connectivity index (χ3v) is 6.28. The third-order valence-electron chi connectivity index (χ3n) is 5.39. The molecule has 0 saturated carbocycles. The molecular weight excluding hydrogens is 451 g/mol. The molecule has 1 aromatic carbocycles. The molecule has 4 rings (SSSR count). The van der Waals surface area contributed by atoms with Crippen LogP contribution in [0.1, 0.15) is 29.8 Å². The molecule has 1 aliphatic heterocycles. The molecule has 0 unspecified atom stereocenters. The molecule has 1 atom stereocenters. The van der Waals surface area contributed by atoms with Crippen LogP contribution in [0.15, 0.2) is 47.8 Å².